The predicted octanol–water partition coefficient (Wildman–Crippen LogP) is 1.16. The monoisotopic (exact) mass is 187 g/mol. The summed E-state index contributed by atoms with van der Waals surface area (Å²) in [7, 11) is 0. The Bertz CT molecular complexity index is 168. The van der Waals surface area contributed by atoms with Gasteiger partial charge in [0.25, 0.3) is 0 Å². The van der Waals surface area contributed by atoms with Crippen LogP contribution in [-0.4, -0.2) is 23.5 Å². The SMILES string of the molecule is CCC(=O)NCCCCCC(=O)O. The van der Waals surface area contributed by atoms with E-state index in [1.165, 1.54) is 0 Å². The number of amides is 1. The van der Waals surface area contributed by atoms with Crippen LogP contribution in [0.3, 0.4) is 0 Å². The van der Waals surface area contributed by atoms with Gasteiger partial charge in [0, 0.05) is 19.4 Å². The van der Waals surface area contributed by atoms with Crippen LogP contribution in [0.5, 0.6) is 0 Å². The molecular formula is C9H17NO3. The zero-order chi connectivity index (χ0) is 10.1. The maximum Gasteiger partial charge on any atom is 0.303 e. The van der Waals surface area contributed by atoms with Crippen molar-refractivity contribution in [3.63, 3.8) is 0 Å². The molecule has 13 heavy (non-hydrogen) atoms. The number of hydrogen-bond acceptors (Lipinski definition) is 2. The minimum atomic E-state index is -0.752. The van der Waals surface area contributed by atoms with E-state index in [1.807, 2.05) is 0 Å². The highest BCUT2D eigenvalue weighted by Gasteiger charge is 1.97. The highest BCUT2D eigenvalue weighted by molar-refractivity contribution is 5.75. The molecule has 0 aliphatic rings. The molecule has 1 amide bonds. The second-order valence-electron chi connectivity index (χ2n) is 2.91. The van der Waals surface area contributed by atoms with Crippen LogP contribution < -0.4 is 5.32 Å². The lowest BCUT2D eigenvalue weighted by molar-refractivity contribution is -0.137. The number of aliphatic carboxylic acids is 1. The van der Waals surface area contributed by atoms with Gasteiger partial charge in [0.15, 0.2) is 0 Å². The molecule has 4 nitrogen and oxygen atoms in total. The number of carboxylic acids is 1. The number of carbonyl (C=O) groups excluding carboxylic acids is 1. The second-order valence-corrected chi connectivity index (χ2v) is 2.91. The van der Waals surface area contributed by atoms with Gasteiger partial charge in [0.2, 0.25) is 5.91 Å². The van der Waals surface area contributed by atoms with Crippen molar-refractivity contribution in [2.45, 2.75) is 39.0 Å². The average Bonchev–Trinajstić information content (AvgIpc) is 2.10. The van der Waals surface area contributed by atoms with Gasteiger partial charge < -0.3 is 10.4 Å². The molecule has 2 N–H and O–H groups in total. The fourth-order valence-electron chi connectivity index (χ4n) is 0.931. The lowest BCUT2D eigenvalue weighted by atomic mass is 10.2. The Morgan fingerprint density at radius 3 is 2.46 bits per heavy atom. The van der Waals surface area contributed by atoms with Crippen molar-refractivity contribution in [3.8, 4) is 0 Å². The van der Waals surface area contributed by atoms with Gasteiger partial charge in [-0.3, -0.25) is 9.59 Å². The molecule has 0 heterocycles. The second kappa shape index (κ2) is 7.58. The Balaban J connectivity index is 3.08. The van der Waals surface area contributed by atoms with Gasteiger partial charge >= 0.3 is 5.97 Å². The molecule has 4 heteroatoms. The molecule has 0 saturated heterocycles. The van der Waals surface area contributed by atoms with E-state index >= 15 is 0 Å². The van der Waals surface area contributed by atoms with Gasteiger partial charge in [-0.2, -0.15) is 0 Å². The molecule has 0 aromatic heterocycles. The normalized spacial score (nSPS) is 9.62. The van der Waals surface area contributed by atoms with Crippen molar-refractivity contribution in [3.05, 3.63) is 0 Å². The van der Waals surface area contributed by atoms with Gasteiger partial charge in [-0.15, -0.1) is 0 Å². The average molecular weight is 187 g/mol. The van der Waals surface area contributed by atoms with Crippen molar-refractivity contribution in [2.75, 3.05) is 6.54 Å². The summed E-state index contributed by atoms with van der Waals surface area (Å²) < 4.78 is 0. The number of unbranched alkanes of at least 4 members (excludes halogenated alkanes) is 2. The summed E-state index contributed by atoms with van der Waals surface area (Å²) in [6.45, 7) is 2.46. The van der Waals surface area contributed by atoms with Gasteiger partial charge in [-0.1, -0.05) is 13.3 Å². The molecule has 0 unspecified atom stereocenters. The zero-order valence-corrected chi connectivity index (χ0v) is 8.01. The molecule has 0 aliphatic heterocycles. The summed E-state index contributed by atoms with van der Waals surface area (Å²) in [5, 5.41) is 11.1. The third-order valence-corrected chi connectivity index (χ3v) is 1.71. The summed E-state index contributed by atoms with van der Waals surface area (Å²) in [5.41, 5.74) is 0. The van der Waals surface area contributed by atoms with E-state index in [1.54, 1.807) is 6.92 Å². The molecule has 0 saturated carbocycles. The Morgan fingerprint density at radius 1 is 1.23 bits per heavy atom. The van der Waals surface area contributed by atoms with E-state index in [0.29, 0.717) is 19.4 Å². The summed E-state index contributed by atoms with van der Waals surface area (Å²) in [4.78, 5) is 20.9. The van der Waals surface area contributed by atoms with Crippen molar-refractivity contribution in [1.82, 2.24) is 5.32 Å². The topological polar surface area (TPSA) is 66.4 Å². The first-order chi connectivity index (χ1) is 6.16. The minimum absolute atomic E-state index is 0.0539. The number of hydrogen-bond donors (Lipinski definition) is 2. The van der Waals surface area contributed by atoms with E-state index < -0.39 is 5.97 Å². The quantitative estimate of drug-likeness (QED) is 0.588. The van der Waals surface area contributed by atoms with Crippen molar-refractivity contribution >= 4 is 11.9 Å². The van der Waals surface area contributed by atoms with Gasteiger partial charge in [-0.25, -0.2) is 0 Å². The number of carbonyl (C=O) groups is 2. The van der Waals surface area contributed by atoms with Crippen LogP contribution in [0.2, 0.25) is 0 Å². The molecular weight excluding hydrogens is 170 g/mol. The molecule has 0 fully saturated rings. The zero-order valence-electron chi connectivity index (χ0n) is 8.01. The first-order valence-corrected chi connectivity index (χ1v) is 4.65. The summed E-state index contributed by atoms with van der Waals surface area (Å²) >= 11 is 0. The molecule has 0 radical (unpaired) electrons. The summed E-state index contributed by atoms with van der Waals surface area (Å²) in [6.07, 6.45) is 3.14. The Morgan fingerprint density at radius 2 is 1.92 bits per heavy atom. The van der Waals surface area contributed by atoms with E-state index in [9.17, 15) is 9.59 Å². The van der Waals surface area contributed by atoms with Crippen molar-refractivity contribution in [2.24, 2.45) is 0 Å². The first-order valence-electron chi connectivity index (χ1n) is 4.65. The fourth-order valence-corrected chi connectivity index (χ4v) is 0.931. The molecule has 0 aromatic rings. The molecule has 0 bridgehead atoms. The standard InChI is InChI=1S/C9H17NO3/c1-2-8(11)10-7-5-3-4-6-9(12)13/h2-7H2,1H3,(H,10,11)(H,12,13). The maximum absolute atomic E-state index is 10.7. The van der Waals surface area contributed by atoms with Crippen LogP contribution in [0.15, 0.2) is 0 Å². The van der Waals surface area contributed by atoms with Crippen LogP contribution in [0.25, 0.3) is 0 Å². The molecule has 0 rings (SSSR count). The molecule has 0 aromatic carbocycles. The van der Waals surface area contributed by atoms with Crippen LogP contribution >= 0.6 is 0 Å². The van der Waals surface area contributed by atoms with Gasteiger partial charge in [0.1, 0.15) is 0 Å². The summed E-state index contributed by atoms with van der Waals surface area (Å²) in [5.74, 6) is -0.698. The molecule has 0 atom stereocenters. The maximum atomic E-state index is 10.7. The number of carboxylic acid groups (broad SMARTS) is 1. The molecule has 0 spiro atoms. The van der Waals surface area contributed by atoms with Gasteiger partial charge in [-0.05, 0) is 12.8 Å². The van der Waals surface area contributed by atoms with Crippen LogP contribution in [-0.2, 0) is 9.59 Å². The minimum Gasteiger partial charge on any atom is -0.481 e. The third kappa shape index (κ3) is 8.85. The van der Waals surface area contributed by atoms with Gasteiger partial charge in [0.05, 0.1) is 0 Å². The molecule has 76 valence electrons. The number of nitrogens with one attached hydrogen (secondary N) is 1. The van der Waals surface area contributed by atoms with E-state index in [2.05, 4.69) is 5.32 Å². The smallest absolute Gasteiger partial charge is 0.303 e. The van der Waals surface area contributed by atoms with Crippen molar-refractivity contribution < 1.29 is 14.7 Å². The highest BCUT2D eigenvalue weighted by Crippen LogP contribution is 1.98. The first kappa shape index (κ1) is 11.9. The van der Waals surface area contributed by atoms with E-state index in [-0.39, 0.29) is 12.3 Å². The van der Waals surface area contributed by atoms with Crippen LogP contribution in [0.1, 0.15) is 39.0 Å². The Kier molecular flexibility index (Phi) is 6.96. The van der Waals surface area contributed by atoms with Crippen molar-refractivity contribution in [1.29, 1.82) is 0 Å². The van der Waals surface area contributed by atoms with E-state index in [0.717, 1.165) is 12.8 Å². The highest BCUT2D eigenvalue weighted by atomic mass is 16.4. The van der Waals surface area contributed by atoms with Crippen LogP contribution in [0.4, 0.5) is 0 Å². The largest absolute Gasteiger partial charge is 0.481 e. The van der Waals surface area contributed by atoms with E-state index in [4.69, 9.17) is 5.11 Å². The third-order valence-electron chi connectivity index (χ3n) is 1.71. The van der Waals surface area contributed by atoms with Crippen LogP contribution in [0, 0.1) is 0 Å². The Hall–Kier alpha value is -1.06. The fraction of sp³-hybridized carbons (Fsp3) is 0.778. The number of rotatable bonds is 7. The lowest BCUT2D eigenvalue weighted by Gasteiger charge is -2.01. The summed E-state index contributed by atoms with van der Waals surface area (Å²) in [6, 6.07) is 0. The predicted molar refractivity (Wildman–Crippen MR) is 49.4 cm³/mol. The molecule has 0 aliphatic carbocycles. The Labute approximate surface area is 78.3 Å². The lowest BCUT2D eigenvalue weighted by Crippen LogP contribution is -2.23.